The molecule has 1 N–H and O–H groups in total. The van der Waals surface area contributed by atoms with Crippen LogP contribution < -0.4 is 14.8 Å². The zero-order valence-electron chi connectivity index (χ0n) is 18.1. The van der Waals surface area contributed by atoms with Gasteiger partial charge in [-0.05, 0) is 61.7 Å². The summed E-state index contributed by atoms with van der Waals surface area (Å²) in [5.41, 5.74) is 0.594. The first-order valence-corrected chi connectivity index (χ1v) is 11.7. The van der Waals surface area contributed by atoms with Gasteiger partial charge in [0.25, 0.3) is 0 Å². The van der Waals surface area contributed by atoms with Gasteiger partial charge in [-0.3, -0.25) is 4.79 Å². The number of piperidine rings is 1. The number of methoxy groups -OCH3 is 1. The maximum atomic E-state index is 13.0. The van der Waals surface area contributed by atoms with E-state index in [0.29, 0.717) is 30.7 Å². The minimum absolute atomic E-state index is 0.0469. The quantitative estimate of drug-likeness (QED) is 0.642. The molecule has 33 heavy (non-hydrogen) atoms. The summed E-state index contributed by atoms with van der Waals surface area (Å²) < 4.78 is 73.1. The number of hydrogen-bond donors (Lipinski definition) is 1. The molecule has 1 fully saturated rings. The van der Waals surface area contributed by atoms with Gasteiger partial charge in [-0.25, -0.2) is 8.42 Å². The number of amides is 1. The van der Waals surface area contributed by atoms with Crippen LogP contribution in [0, 0.1) is 5.92 Å². The van der Waals surface area contributed by atoms with Crippen molar-refractivity contribution in [3.63, 3.8) is 0 Å². The number of hydrogen-bond acceptors (Lipinski definition) is 5. The lowest BCUT2D eigenvalue weighted by atomic mass is 9.98. The summed E-state index contributed by atoms with van der Waals surface area (Å²) in [6, 6.07) is 10.8. The Balaban J connectivity index is 1.63. The zero-order valence-corrected chi connectivity index (χ0v) is 18.9. The number of sulfonamides is 1. The molecule has 2 atom stereocenters. The fourth-order valence-electron chi connectivity index (χ4n) is 3.64. The molecule has 3 rings (SSSR count). The first kappa shape index (κ1) is 24.8. The van der Waals surface area contributed by atoms with Gasteiger partial charge in [0.1, 0.15) is 11.5 Å². The highest BCUT2D eigenvalue weighted by molar-refractivity contribution is 7.89. The second kappa shape index (κ2) is 10.0. The molecule has 2 aromatic carbocycles. The summed E-state index contributed by atoms with van der Waals surface area (Å²) in [6.45, 7) is 2.06. The summed E-state index contributed by atoms with van der Waals surface area (Å²) in [7, 11) is -2.27. The van der Waals surface area contributed by atoms with E-state index in [-0.39, 0.29) is 23.1 Å². The molecule has 1 amide bonds. The standard InChI is InChI=1S/C22H25F3N2O5S/c1-15(16-5-7-19(8-6-16)32-22(23,24)25)26-21(28)17-4-3-13-27(14-17)33(29,30)20-11-9-18(31-2)10-12-20/h5-12,15,17H,3-4,13-14H2,1-2H3,(H,26,28). The molecule has 0 aliphatic carbocycles. The SMILES string of the molecule is COc1ccc(S(=O)(=O)N2CCCC(C(=O)NC(C)c3ccc(OC(F)(F)F)cc3)C2)cc1. The number of benzene rings is 2. The Kier molecular flexibility index (Phi) is 7.53. The third-order valence-corrected chi connectivity index (χ3v) is 7.30. The van der Waals surface area contributed by atoms with E-state index in [4.69, 9.17) is 4.74 Å². The molecule has 1 aliphatic rings. The van der Waals surface area contributed by atoms with E-state index < -0.39 is 28.3 Å². The Bertz CT molecular complexity index is 1060. The summed E-state index contributed by atoms with van der Waals surface area (Å²) in [4.78, 5) is 12.9. The second-order valence-electron chi connectivity index (χ2n) is 7.72. The number of rotatable bonds is 7. The third kappa shape index (κ3) is 6.38. The Morgan fingerprint density at radius 3 is 2.27 bits per heavy atom. The van der Waals surface area contributed by atoms with Crippen LogP contribution in [0.25, 0.3) is 0 Å². The Hall–Kier alpha value is -2.79. The lowest BCUT2D eigenvalue weighted by molar-refractivity contribution is -0.274. The van der Waals surface area contributed by atoms with Gasteiger partial charge in [-0.1, -0.05) is 12.1 Å². The molecular formula is C22H25F3N2O5S. The van der Waals surface area contributed by atoms with Gasteiger partial charge >= 0.3 is 6.36 Å². The summed E-state index contributed by atoms with van der Waals surface area (Å²) in [5, 5.41) is 2.82. The highest BCUT2D eigenvalue weighted by Crippen LogP contribution is 2.27. The molecule has 0 spiro atoms. The lowest BCUT2D eigenvalue weighted by Crippen LogP contribution is -2.45. The summed E-state index contributed by atoms with van der Waals surface area (Å²) in [5.74, 6) is -0.664. The van der Waals surface area contributed by atoms with Gasteiger partial charge < -0.3 is 14.8 Å². The molecule has 11 heteroatoms. The van der Waals surface area contributed by atoms with Gasteiger partial charge in [0.2, 0.25) is 15.9 Å². The van der Waals surface area contributed by atoms with Crippen molar-refractivity contribution < 1.29 is 35.9 Å². The van der Waals surface area contributed by atoms with Gasteiger partial charge in [-0.2, -0.15) is 4.31 Å². The largest absolute Gasteiger partial charge is 0.573 e. The van der Waals surface area contributed by atoms with E-state index in [1.807, 2.05) is 0 Å². The number of nitrogens with zero attached hydrogens (tertiary/aromatic N) is 1. The molecule has 180 valence electrons. The second-order valence-corrected chi connectivity index (χ2v) is 9.66. The Labute approximate surface area is 190 Å². The van der Waals surface area contributed by atoms with Crippen molar-refractivity contribution in [2.45, 2.75) is 37.1 Å². The van der Waals surface area contributed by atoms with E-state index in [1.54, 1.807) is 19.1 Å². The number of ether oxygens (including phenoxy) is 2. The Morgan fingerprint density at radius 1 is 1.09 bits per heavy atom. The van der Waals surface area contributed by atoms with Crippen LogP contribution in [-0.2, 0) is 14.8 Å². The number of carbonyl (C=O) groups excluding carboxylic acids is 1. The van der Waals surface area contributed by atoms with Crippen LogP contribution >= 0.6 is 0 Å². The summed E-state index contributed by atoms with van der Waals surface area (Å²) in [6.07, 6.45) is -3.71. The number of alkyl halides is 3. The molecule has 1 heterocycles. The highest BCUT2D eigenvalue weighted by Gasteiger charge is 2.34. The minimum atomic E-state index is -4.78. The molecule has 1 saturated heterocycles. The predicted octanol–water partition coefficient (Wildman–Crippen LogP) is 3.87. The number of nitrogens with one attached hydrogen (secondary N) is 1. The van der Waals surface area contributed by atoms with E-state index in [9.17, 15) is 26.4 Å². The van der Waals surface area contributed by atoms with Crippen LogP contribution in [0.15, 0.2) is 53.4 Å². The fourth-order valence-corrected chi connectivity index (χ4v) is 5.17. The van der Waals surface area contributed by atoms with Crippen molar-refractivity contribution in [1.29, 1.82) is 0 Å². The normalized spacial score (nSPS) is 18.4. The first-order valence-electron chi connectivity index (χ1n) is 10.3. The molecule has 2 aromatic rings. The van der Waals surface area contributed by atoms with E-state index in [1.165, 1.54) is 47.8 Å². The van der Waals surface area contributed by atoms with Gasteiger partial charge in [-0.15, -0.1) is 13.2 Å². The van der Waals surface area contributed by atoms with Gasteiger partial charge in [0, 0.05) is 13.1 Å². The van der Waals surface area contributed by atoms with Crippen LogP contribution in [0.2, 0.25) is 0 Å². The van der Waals surface area contributed by atoms with Crippen molar-refractivity contribution >= 4 is 15.9 Å². The van der Waals surface area contributed by atoms with Crippen molar-refractivity contribution in [2.24, 2.45) is 5.92 Å². The Morgan fingerprint density at radius 2 is 1.70 bits per heavy atom. The van der Waals surface area contributed by atoms with E-state index in [0.717, 1.165) is 0 Å². The smallest absolute Gasteiger partial charge is 0.497 e. The van der Waals surface area contributed by atoms with E-state index >= 15 is 0 Å². The van der Waals surface area contributed by atoms with Crippen LogP contribution in [0.3, 0.4) is 0 Å². The molecule has 0 bridgehead atoms. The maximum absolute atomic E-state index is 13.0. The number of halogens is 3. The fraction of sp³-hybridized carbons (Fsp3) is 0.409. The number of carbonyl (C=O) groups is 1. The van der Waals surface area contributed by atoms with Crippen LogP contribution in [-0.4, -0.2) is 45.2 Å². The van der Waals surface area contributed by atoms with Gasteiger partial charge in [0.15, 0.2) is 0 Å². The molecule has 0 radical (unpaired) electrons. The van der Waals surface area contributed by atoms with Crippen molar-refractivity contribution in [1.82, 2.24) is 9.62 Å². The minimum Gasteiger partial charge on any atom is -0.497 e. The zero-order chi connectivity index (χ0) is 24.2. The average Bonchev–Trinajstić information content (AvgIpc) is 2.78. The topological polar surface area (TPSA) is 84.9 Å². The molecule has 1 aliphatic heterocycles. The predicted molar refractivity (Wildman–Crippen MR) is 114 cm³/mol. The average molecular weight is 487 g/mol. The molecule has 7 nitrogen and oxygen atoms in total. The van der Waals surface area contributed by atoms with Crippen molar-refractivity contribution in [3.05, 3.63) is 54.1 Å². The van der Waals surface area contributed by atoms with Crippen LogP contribution in [0.5, 0.6) is 11.5 Å². The first-order chi connectivity index (χ1) is 15.5. The lowest BCUT2D eigenvalue weighted by Gasteiger charge is -2.32. The molecule has 0 saturated carbocycles. The molecule has 2 unspecified atom stereocenters. The monoisotopic (exact) mass is 486 g/mol. The van der Waals surface area contributed by atoms with Crippen molar-refractivity contribution in [3.8, 4) is 11.5 Å². The third-order valence-electron chi connectivity index (χ3n) is 5.42. The van der Waals surface area contributed by atoms with Crippen LogP contribution in [0.4, 0.5) is 13.2 Å². The van der Waals surface area contributed by atoms with Gasteiger partial charge in [0.05, 0.1) is 24.0 Å². The molecular weight excluding hydrogens is 461 g/mol. The highest BCUT2D eigenvalue weighted by atomic mass is 32.2. The maximum Gasteiger partial charge on any atom is 0.573 e. The molecule has 0 aromatic heterocycles. The van der Waals surface area contributed by atoms with E-state index in [2.05, 4.69) is 10.1 Å². The van der Waals surface area contributed by atoms with Crippen LogP contribution in [0.1, 0.15) is 31.4 Å². The summed E-state index contributed by atoms with van der Waals surface area (Å²) >= 11 is 0. The van der Waals surface area contributed by atoms with Crippen molar-refractivity contribution in [2.75, 3.05) is 20.2 Å².